The van der Waals surface area contributed by atoms with Gasteiger partial charge in [0.2, 0.25) is 0 Å². The highest BCUT2D eigenvalue weighted by Crippen LogP contribution is 2.28. The molecule has 1 fully saturated rings. The van der Waals surface area contributed by atoms with E-state index in [0.717, 1.165) is 31.2 Å². The van der Waals surface area contributed by atoms with Crippen molar-refractivity contribution in [2.24, 2.45) is 5.92 Å². The molecule has 0 bridgehead atoms. The summed E-state index contributed by atoms with van der Waals surface area (Å²) in [7, 11) is 5.98. The minimum atomic E-state index is 0.747. The van der Waals surface area contributed by atoms with Crippen molar-refractivity contribution in [3.05, 3.63) is 29.3 Å². The predicted molar refractivity (Wildman–Crippen MR) is 79.7 cm³/mol. The molecule has 0 saturated carbocycles. The van der Waals surface area contributed by atoms with Gasteiger partial charge in [0.25, 0.3) is 0 Å². The Kier molecular flexibility index (Phi) is 5.23. The number of para-hydroxylation sites is 1. The van der Waals surface area contributed by atoms with Crippen molar-refractivity contribution in [3.8, 4) is 5.75 Å². The topological polar surface area (TPSA) is 24.5 Å². The molecule has 1 aliphatic rings. The summed E-state index contributed by atoms with van der Waals surface area (Å²) in [5.41, 5.74) is 2.64. The number of methoxy groups -OCH3 is 1. The molecule has 1 saturated heterocycles. The molecule has 3 heteroatoms. The normalized spacial score (nSPS) is 19.7. The molecule has 1 aliphatic heterocycles. The van der Waals surface area contributed by atoms with Crippen molar-refractivity contribution in [2.45, 2.75) is 25.8 Å². The van der Waals surface area contributed by atoms with Crippen molar-refractivity contribution < 1.29 is 4.74 Å². The van der Waals surface area contributed by atoms with E-state index in [-0.39, 0.29) is 0 Å². The van der Waals surface area contributed by atoms with Crippen molar-refractivity contribution in [3.63, 3.8) is 0 Å². The number of nitrogens with zero attached hydrogens (tertiary/aromatic N) is 1. The summed E-state index contributed by atoms with van der Waals surface area (Å²) in [6, 6.07) is 6.54. The van der Waals surface area contributed by atoms with Gasteiger partial charge in [-0.25, -0.2) is 0 Å². The number of ether oxygens (including phenoxy) is 1. The number of hydrogen-bond acceptors (Lipinski definition) is 3. The molecule has 106 valence electrons. The second-order valence-corrected chi connectivity index (χ2v) is 5.76. The molecule has 0 aliphatic carbocycles. The fraction of sp³-hybridized carbons (Fsp3) is 0.625. The molecule has 0 amide bonds. The first kappa shape index (κ1) is 14.4. The van der Waals surface area contributed by atoms with E-state index in [1.807, 2.05) is 0 Å². The van der Waals surface area contributed by atoms with E-state index in [9.17, 15) is 0 Å². The van der Waals surface area contributed by atoms with Gasteiger partial charge in [0, 0.05) is 12.1 Å². The zero-order valence-electron chi connectivity index (χ0n) is 12.4. The number of nitrogens with one attached hydrogen (secondary N) is 1. The molecule has 1 unspecified atom stereocenters. The summed E-state index contributed by atoms with van der Waals surface area (Å²) in [5, 5.41) is 3.49. The van der Waals surface area contributed by atoms with Crippen LogP contribution in [-0.2, 0) is 13.0 Å². The molecular formula is C16H26N2O. The van der Waals surface area contributed by atoms with Gasteiger partial charge in [0.15, 0.2) is 0 Å². The lowest BCUT2D eigenvalue weighted by atomic mass is 9.91. The fourth-order valence-electron chi connectivity index (χ4n) is 2.94. The molecule has 1 N–H and O–H groups in total. The van der Waals surface area contributed by atoms with Gasteiger partial charge in [-0.15, -0.1) is 0 Å². The van der Waals surface area contributed by atoms with Crippen LogP contribution < -0.4 is 10.1 Å². The lowest BCUT2D eigenvalue weighted by Crippen LogP contribution is -2.31. The predicted octanol–water partition coefficient (Wildman–Crippen LogP) is 2.30. The molecule has 0 radical (unpaired) electrons. The Morgan fingerprint density at radius 2 is 2.11 bits per heavy atom. The molecule has 19 heavy (non-hydrogen) atoms. The minimum Gasteiger partial charge on any atom is -0.496 e. The zero-order chi connectivity index (χ0) is 13.7. The third-order valence-corrected chi connectivity index (χ3v) is 3.78. The van der Waals surface area contributed by atoms with Crippen LogP contribution in [0.25, 0.3) is 0 Å². The van der Waals surface area contributed by atoms with Crippen LogP contribution in [0.4, 0.5) is 0 Å². The first-order valence-corrected chi connectivity index (χ1v) is 7.21. The maximum atomic E-state index is 5.67. The van der Waals surface area contributed by atoms with Gasteiger partial charge in [0.05, 0.1) is 7.11 Å². The Labute approximate surface area is 116 Å². The van der Waals surface area contributed by atoms with Crippen molar-refractivity contribution in [2.75, 3.05) is 34.3 Å². The van der Waals surface area contributed by atoms with Crippen molar-refractivity contribution in [1.29, 1.82) is 0 Å². The molecule has 1 aromatic rings. The Bertz CT molecular complexity index is 398. The number of rotatable bonds is 5. The second-order valence-electron chi connectivity index (χ2n) is 5.76. The lowest BCUT2D eigenvalue weighted by molar-refractivity contribution is 0.353. The third kappa shape index (κ3) is 3.95. The largest absolute Gasteiger partial charge is 0.496 e. The maximum absolute atomic E-state index is 5.67. The van der Waals surface area contributed by atoms with Crippen LogP contribution in [0.15, 0.2) is 18.2 Å². The van der Waals surface area contributed by atoms with Crippen LogP contribution in [0.2, 0.25) is 0 Å². The van der Waals surface area contributed by atoms with Gasteiger partial charge in [-0.1, -0.05) is 18.2 Å². The number of hydrogen-bond donors (Lipinski definition) is 1. The molecular weight excluding hydrogens is 236 g/mol. The summed E-state index contributed by atoms with van der Waals surface area (Å²) >= 11 is 0. The molecule has 0 aromatic heterocycles. The summed E-state index contributed by atoms with van der Waals surface area (Å²) < 4.78 is 5.67. The van der Waals surface area contributed by atoms with Gasteiger partial charge >= 0.3 is 0 Å². The monoisotopic (exact) mass is 262 g/mol. The SMILES string of the molecule is COc1c(CC2CCCNC2)cccc1CN(C)C. The first-order chi connectivity index (χ1) is 9.20. The van der Waals surface area contributed by atoms with E-state index in [1.165, 1.54) is 30.5 Å². The Hall–Kier alpha value is -1.06. The summed E-state index contributed by atoms with van der Waals surface area (Å²) in [4.78, 5) is 2.18. The quantitative estimate of drug-likeness (QED) is 0.881. The highest BCUT2D eigenvalue weighted by Gasteiger charge is 2.17. The van der Waals surface area contributed by atoms with Gasteiger partial charge < -0.3 is 15.0 Å². The fourth-order valence-corrected chi connectivity index (χ4v) is 2.94. The van der Waals surface area contributed by atoms with Crippen molar-refractivity contribution in [1.82, 2.24) is 10.2 Å². The Morgan fingerprint density at radius 1 is 1.32 bits per heavy atom. The smallest absolute Gasteiger partial charge is 0.126 e. The molecule has 1 aromatic carbocycles. The van der Waals surface area contributed by atoms with Gasteiger partial charge in [-0.05, 0) is 57.9 Å². The first-order valence-electron chi connectivity index (χ1n) is 7.21. The minimum absolute atomic E-state index is 0.747. The maximum Gasteiger partial charge on any atom is 0.126 e. The van der Waals surface area contributed by atoms with E-state index < -0.39 is 0 Å². The summed E-state index contributed by atoms with van der Waals surface area (Å²) in [5.74, 6) is 1.83. The van der Waals surface area contributed by atoms with Crippen LogP contribution in [0.5, 0.6) is 5.75 Å². The van der Waals surface area contributed by atoms with Crippen LogP contribution in [0.1, 0.15) is 24.0 Å². The van der Waals surface area contributed by atoms with E-state index >= 15 is 0 Å². The van der Waals surface area contributed by atoms with Crippen LogP contribution >= 0.6 is 0 Å². The third-order valence-electron chi connectivity index (χ3n) is 3.78. The van der Waals surface area contributed by atoms with Gasteiger partial charge in [-0.3, -0.25) is 0 Å². The molecule has 2 rings (SSSR count). The van der Waals surface area contributed by atoms with Gasteiger partial charge in [0.1, 0.15) is 5.75 Å². The molecule has 0 spiro atoms. The molecule has 1 atom stereocenters. The average Bonchev–Trinajstić information content (AvgIpc) is 2.39. The molecule has 1 heterocycles. The lowest BCUT2D eigenvalue weighted by Gasteiger charge is -2.24. The highest BCUT2D eigenvalue weighted by molar-refractivity contribution is 5.42. The van der Waals surface area contributed by atoms with Crippen LogP contribution in [0, 0.1) is 5.92 Å². The van der Waals surface area contributed by atoms with E-state index in [2.05, 4.69) is 42.5 Å². The Morgan fingerprint density at radius 3 is 2.74 bits per heavy atom. The van der Waals surface area contributed by atoms with E-state index in [0.29, 0.717) is 0 Å². The van der Waals surface area contributed by atoms with Crippen molar-refractivity contribution >= 4 is 0 Å². The second kappa shape index (κ2) is 6.92. The number of piperidine rings is 1. The Balaban J connectivity index is 2.14. The molecule has 3 nitrogen and oxygen atoms in total. The van der Waals surface area contributed by atoms with Gasteiger partial charge in [-0.2, -0.15) is 0 Å². The highest BCUT2D eigenvalue weighted by atomic mass is 16.5. The summed E-state index contributed by atoms with van der Waals surface area (Å²) in [6.45, 7) is 3.25. The number of benzene rings is 1. The standard InChI is InChI=1S/C16H26N2O/c1-18(2)12-15-8-4-7-14(16(15)19-3)10-13-6-5-9-17-11-13/h4,7-8,13,17H,5-6,9-12H2,1-3H3. The average molecular weight is 262 g/mol. The van der Waals surface area contributed by atoms with Crippen LogP contribution in [0.3, 0.4) is 0 Å². The van der Waals surface area contributed by atoms with Crippen LogP contribution in [-0.4, -0.2) is 39.2 Å². The van der Waals surface area contributed by atoms with E-state index in [4.69, 9.17) is 4.74 Å². The zero-order valence-corrected chi connectivity index (χ0v) is 12.4. The summed E-state index contributed by atoms with van der Waals surface area (Å²) in [6.07, 6.45) is 3.75. The van der Waals surface area contributed by atoms with E-state index in [1.54, 1.807) is 7.11 Å².